The number of ether oxygens (including phenoxy) is 1. The summed E-state index contributed by atoms with van der Waals surface area (Å²) in [6.07, 6.45) is 11.5. The van der Waals surface area contributed by atoms with Crippen LogP contribution in [0.25, 0.3) is 0 Å². The molecule has 1 aromatic heterocycles. The summed E-state index contributed by atoms with van der Waals surface area (Å²) >= 11 is 0. The first kappa shape index (κ1) is 22.6. The molecular formula is C22H37N3O3. The van der Waals surface area contributed by atoms with Gasteiger partial charge in [-0.05, 0) is 63.1 Å². The van der Waals surface area contributed by atoms with Crippen LogP contribution in [0.15, 0.2) is 12.1 Å². The van der Waals surface area contributed by atoms with Gasteiger partial charge < -0.3 is 20.5 Å². The first-order valence-electron chi connectivity index (χ1n) is 10.9. The minimum absolute atomic E-state index is 0.422. The van der Waals surface area contributed by atoms with Gasteiger partial charge in [-0.25, -0.2) is 4.98 Å². The lowest BCUT2D eigenvalue weighted by Crippen LogP contribution is -2.37. The summed E-state index contributed by atoms with van der Waals surface area (Å²) in [5.74, 6) is 0.344. The van der Waals surface area contributed by atoms with Crippen LogP contribution in [0.5, 0.6) is 0 Å². The van der Waals surface area contributed by atoms with Gasteiger partial charge in [0.25, 0.3) is 0 Å². The summed E-state index contributed by atoms with van der Waals surface area (Å²) in [5, 5.41) is 15.9. The Morgan fingerprint density at radius 3 is 2.86 bits per heavy atom. The van der Waals surface area contributed by atoms with Crippen molar-refractivity contribution in [2.75, 3.05) is 32.1 Å². The Hall–Kier alpha value is -1.66. The minimum Gasteiger partial charge on any atom is -0.480 e. The summed E-state index contributed by atoms with van der Waals surface area (Å²) in [4.78, 5) is 16.1. The maximum Gasteiger partial charge on any atom is 0.320 e. The molecule has 28 heavy (non-hydrogen) atoms. The number of nitrogens with one attached hydrogen (secondary N) is 2. The van der Waals surface area contributed by atoms with E-state index in [4.69, 9.17) is 9.72 Å². The van der Waals surface area contributed by atoms with Crippen molar-refractivity contribution in [1.82, 2.24) is 10.3 Å². The first-order valence-corrected chi connectivity index (χ1v) is 10.9. The molecule has 3 N–H and O–H groups in total. The predicted molar refractivity (Wildman–Crippen MR) is 113 cm³/mol. The molecule has 6 heteroatoms. The lowest BCUT2D eigenvalue weighted by molar-refractivity contribution is -0.139. The maximum absolute atomic E-state index is 11.3. The summed E-state index contributed by atoms with van der Waals surface area (Å²) in [5.41, 5.74) is 2.52. The maximum atomic E-state index is 11.3. The third kappa shape index (κ3) is 8.57. The van der Waals surface area contributed by atoms with Gasteiger partial charge in [-0.2, -0.15) is 0 Å². The van der Waals surface area contributed by atoms with Crippen LogP contribution >= 0.6 is 0 Å². The zero-order chi connectivity index (χ0) is 20.0. The number of methoxy groups -OCH3 is 1. The van der Waals surface area contributed by atoms with Crippen molar-refractivity contribution in [3.05, 3.63) is 23.4 Å². The fourth-order valence-electron chi connectivity index (χ4n) is 3.65. The topological polar surface area (TPSA) is 83.5 Å². The highest BCUT2D eigenvalue weighted by molar-refractivity contribution is 5.73. The Morgan fingerprint density at radius 1 is 1.21 bits per heavy atom. The van der Waals surface area contributed by atoms with Gasteiger partial charge in [0.1, 0.15) is 11.9 Å². The zero-order valence-corrected chi connectivity index (χ0v) is 17.3. The monoisotopic (exact) mass is 391 g/mol. The van der Waals surface area contributed by atoms with Gasteiger partial charge in [0, 0.05) is 26.0 Å². The van der Waals surface area contributed by atoms with Gasteiger partial charge >= 0.3 is 5.97 Å². The third-order valence-electron chi connectivity index (χ3n) is 5.34. The Balaban J connectivity index is 1.52. The molecule has 158 valence electrons. The van der Waals surface area contributed by atoms with E-state index in [0.717, 1.165) is 76.9 Å². The Morgan fingerprint density at radius 2 is 2.04 bits per heavy atom. The number of carboxylic acids is 1. The second kappa shape index (κ2) is 13.5. The van der Waals surface area contributed by atoms with Crippen molar-refractivity contribution in [3.8, 4) is 0 Å². The van der Waals surface area contributed by atoms with Gasteiger partial charge in [0.2, 0.25) is 0 Å². The molecule has 1 aliphatic rings. The van der Waals surface area contributed by atoms with E-state index >= 15 is 0 Å². The molecule has 0 radical (unpaired) electrons. The summed E-state index contributed by atoms with van der Waals surface area (Å²) in [6, 6.07) is 3.97. The molecule has 2 heterocycles. The number of rotatable bonds is 15. The molecule has 1 aliphatic heterocycles. The number of anilines is 1. The number of carbonyl (C=O) groups is 1. The number of aryl methyl sites for hydroxylation is 2. The largest absolute Gasteiger partial charge is 0.480 e. The lowest BCUT2D eigenvalue weighted by Gasteiger charge is -2.17. The number of fused-ring (bicyclic) bond motifs is 1. The van der Waals surface area contributed by atoms with Crippen LogP contribution in [0.1, 0.15) is 69.0 Å². The third-order valence-corrected chi connectivity index (χ3v) is 5.34. The minimum atomic E-state index is -0.737. The van der Waals surface area contributed by atoms with Gasteiger partial charge in [-0.3, -0.25) is 4.79 Å². The molecule has 0 aliphatic carbocycles. The number of unbranched alkanes of at least 4 members (excludes halogenated alkanes) is 5. The summed E-state index contributed by atoms with van der Waals surface area (Å²) in [6.45, 7) is 2.50. The van der Waals surface area contributed by atoms with Gasteiger partial charge in [-0.1, -0.05) is 31.7 Å². The van der Waals surface area contributed by atoms with Crippen LogP contribution in [-0.4, -0.2) is 48.9 Å². The highest BCUT2D eigenvalue weighted by atomic mass is 16.5. The molecule has 0 saturated carbocycles. The number of carboxylic acid groups (broad SMARTS) is 1. The first-order chi connectivity index (χ1) is 13.7. The van der Waals surface area contributed by atoms with E-state index in [1.54, 1.807) is 7.11 Å². The standard InChI is InChI=1S/C22H37N3O3/c1-28-17-8-7-15-23-20(22(26)27)12-6-4-2-3-5-11-19-14-13-18-10-9-16-24-21(18)25-19/h13-14,20,23H,2-12,15-17H2,1H3,(H,24,25)(H,26,27)/t20-/m0/s1. The molecule has 0 amide bonds. The Labute approximate surface area is 169 Å². The van der Waals surface area contributed by atoms with Gasteiger partial charge in [0.05, 0.1) is 0 Å². The number of pyridine rings is 1. The van der Waals surface area contributed by atoms with Crippen LogP contribution in [0.4, 0.5) is 5.82 Å². The number of hydrogen-bond donors (Lipinski definition) is 3. The van der Waals surface area contributed by atoms with Crippen LogP contribution < -0.4 is 10.6 Å². The molecule has 2 rings (SSSR count). The van der Waals surface area contributed by atoms with Crippen LogP contribution in [0, 0.1) is 0 Å². The van der Waals surface area contributed by atoms with Crippen LogP contribution in [0.3, 0.4) is 0 Å². The number of aromatic nitrogens is 1. The van der Waals surface area contributed by atoms with Crippen LogP contribution in [0.2, 0.25) is 0 Å². The van der Waals surface area contributed by atoms with E-state index in [2.05, 4.69) is 22.8 Å². The zero-order valence-electron chi connectivity index (χ0n) is 17.3. The fourth-order valence-corrected chi connectivity index (χ4v) is 3.65. The molecule has 0 spiro atoms. The van der Waals surface area contributed by atoms with E-state index in [9.17, 15) is 9.90 Å². The fraction of sp³-hybridized carbons (Fsp3) is 0.727. The molecule has 0 bridgehead atoms. The second-order valence-electron chi connectivity index (χ2n) is 7.69. The van der Waals surface area contributed by atoms with Crippen molar-refractivity contribution in [2.45, 2.75) is 76.7 Å². The summed E-state index contributed by atoms with van der Waals surface area (Å²) < 4.78 is 5.01. The van der Waals surface area contributed by atoms with Crippen LogP contribution in [-0.2, 0) is 22.4 Å². The molecule has 1 aromatic rings. The molecule has 0 saturated heterocycles. The molecular weight excluding hydrogens is 354 g/mol. The predicted octanol–water partition coefficient (Wildman–Crippen LogP) is 3.79. The highest BCUT2D eigenvalue weighted by Gasteiger charge is 2.15. The second-order valence-corrected chi connectivity index (χ2v) is 7.69. The normalized spacial score (nSPS) is 14.3. The van der Waals surface area contributed by atoms with Crippen molar-refractivity contribution in [1.29, 1.82) is 0 Å². The Bertz CT molecular complexity index is 580. The lowest BCUT2D eigenvalue weighted by atomic mass is 10.0. The van der Waals surface area contributed by atoms with Gasteiger partial charge in [0.15, 0.2) is 0 Å². The highest BCUT2D eigenvalue weighted by Crippen LogP contribution is 2.20. The number of nitrogens with zero attached hydrogens (tertiary/aromatic N) is 1. The molecule has 0 unspecified atom stereocenters. The molecule has 0 aromatic carbocycles. The average Bonchev–Trinajstić information content (AvgIpc) is 2.71. The van der Waals surface area contributed by atoms with Crippen molar-refractivity contribution in [2.24, 2.45) is 0 Å². The molecule has 0 fully saturated rings. The molecule has 6 nitrogen and oxygen atoms in total. The van der Waals surface area contributed by atoms with E-state index < -0.39 is 12.0 Å². The number of hydrogen-bond acceptors (Lipinski definition) is 5. The van der Waals surface area contributed by atoms with E-state index in [-0.39, 0.29) is 0 Å². The summed E-state index contributed by atoms with van der Waals surface area (Å²) in [7, 11) is 1.69. The number of aliphatic carboxylic acids is 1. The van der Waals surface area contributed by atoms with Crippen molar-refractivity contribution < 1.29 is 14.6 Å². The SMILES string of the molecule is COCCCCN[C@@H](CCCCCCCc1ccc2c(n1)NCCC2)C(=O)O. The van der Waals surface area contributed by atoms with Gasteiger partial charge in [-0.15, -0.1) is 0 Å². The van der Waals surface area contributed by atoms with Crippen molar-refractivity contribution >= 4 is 11.8 Å². The van der Waals surface area contributed by atoms with E-state index in [1.165, 1.54) is 24.1 Å². The average molecular weight is 392 g/mol. The Kier molecular flexibility index (Phi) is 10.9. The van der Waals surface area contributed by atoms with Crippen molar-refractivity contribution in [3.63, 3.8) is 0 Å². The van der Waals surface area contributed by atoms with E-state index in [1.807, 2.05) is 0 Å². The smallest absolute Gasteiger partial charge is 0.320 e. The quantitative estimate of drug-likeness (QED) is 0.395. The molecule has 1 atom stereocenters. The van der Waals surface area contributed by atoms with E-state index in [0.29, 0.717) is 6.42 Å².